The van der Waals surface area contributed by atoms with Crippen molar-refractivity contribution in [2.24, 2.45) is 5.73 Å². The Morgan fingerprint density at radius 3 is 2.53 bits per heavy atom. The largest absolute Gasteiger partial charge is 0.326 e. The Labute approximate surface area is 120 Å². The zero-order valence-electron chi connectivity index (χ0n) is 10.4. The third kappa shape index (κ3) is 2.81. The Balaban J connectivity index is 1.78. The molecule has 0 amide bonds. The number of para-hydroxylation sites is 1. The van der Waals surface area contributed by atoms with Gasteiger partial charge in [-0.25, -0.2) is 4.98 Å². The molecule has 0 saturated carbocycles. The quantitative estimate of drug-likeness (QED) is 0.735. The highest BCUT2D eigenvalue weighted by Gasteiger charge is 2.05. The van der Waals surface area contributed by atoms with E-state index in [1.54, 1.807) is 23.1 Å². The second kappa shape index (κ2) is 5.74. The number of thioether (sulfide) groups is 1. The minimum absolute atomic E-state index is 0.594. The van der Waals surface area contributed by atoms with E-state index in [0.29, 0.717) is 6.54 Å². The standard InChI is InChI=1S/C15H14N2S2/c16-9-11-5-1-2-6-12(11)10-18-15-17-13-7-3-4-8-14(13)19-15/h1-8H,9-10,16H2. The summed E-state index contributed by atoms with van der Waals surface area (Å²) >= 11 is 3.53. The average Bonchev–Trinajstić information content (AvgIpc) is 2.88. The number of aromatic nitrogens is 1. The van der Waals surface area contributed by atoms with Gasteiger partial charge in [-0.2, -0.15) is 0 Å². The van der Waals surface area contributed by atoms with Crippen LogP contribution in [0.1, 0.15) is 11.1 Å². The molecule has 0 aliphatic heterocycles. The third-order valence-electron chi connectivity index (χ3n) is 2.96. The second-order valence-corrected chi connectivity index (χ2v) is 6.46. The van der Waals surface area contributed by atoms with E-state index in [1.807, 2.05) is 12.1 Å². The molecule has 0 unspecified atom stereocenters. The SMILES string of the molecule is NCc1ccccc1CSc1nc2ccccc2s1. The average molecular weight is 286 g/mol. The fourth-order valence-electron chi connectivity index (χ4n) is 1.95. The van der Waals surface area contributed by atoms with Crippen molar-refractivity contribution in [1.82, 2.24) is 4.98 Å². The van der Waals surface area contributed by atoms with Gasteiger partial charge < -0.3 is 5.73 Å². The number of rotatable bonds is 4. The first-order valence-electron chi connectivity index (χ1n) is 6.12. The molecular formula is C15H14N2S2. The van der Waals surface area contributed by atoms with Gasteiger partial charge in [0.15, 0.2) is 4.34 Å². The highest BCUT2D eigenvalue weighted by Crippen LogP contribution is 2.31. The maximum absolute atomic E-state index is 5.76. The van der Waals surface area contributed by atoms with Crippen molar-refractivity contribution in [3.8, 4) is 0 Å². The summed E-state index contributed by atoms with van der Waals surface area (Å²) in [4.78, 5) is 4.63. The van der Waals surface area contributed by atoms with Gasteiger partial charge in [0, 0.05) is 12.3 Å². The molecule has 2 aromatic carbocycles. The predicted octanol–water partition coefficient (Wildman–Crippen LogP) is 4.05. The van der Waals surface area contributed by atoms with Crippen molar-refractivity contribution in [2.75, 3.05) is 0 Å². The number of fused-ring (bicyclic) bond motifs is 1. The Kier molecular flexibility index (Phi) is 3.82. The number of hydrogen-bond donors (Lipinski definition) is 1. The lowest BCUT2D eigenvalue weighted by atomic mass is 10.1. The van der Waals surface area contributed by atoms with Crippen molar-refractivity contribution >= 4 is 33.3 Å². The maximum atomic E-state index is 5.76. The van der Waals surface area contributed by atoms with Gasteiger partial charge in [0.05, 0.1) is 10.2 Å². The van der Waals surface area contributed by atoms with E-state index in [-0.39, 0.29) is 0 Å². The molecule has 3 aromatic rings. The van der Waals surface area contributed by atoms with Crippen LogP contribution >= 0.6 is 23.1 Å². The number of benzene rings is 2. The number of thiazole rings is 1. The van der Waals surface area contributed by atoms with Gasteiger partial charge in [0.1, 0.15) is 0 Å². The van der Waals surface area contributed by atoms with Crippen molar-refractivity contribution in [3.63, 3.8) is 0 Å². The topological polar surface area (TPSA) is 38.9 Å². The van der Waals surface area contributed by atoms with E-state index in [9.17, 15) is 0 Å². The Bertz CT molecular complexity index is 658. The molecule has 1 aromatic heterocycles. The molecule has 4 heteroatoms. The zero-order valence-corrected chi connectivity index (χ0v) is 12.0. The monoisotopic (exact) mass is 286 g/mol. The molecule has 0 fully saturated rings. The Morgan fingerprint density at radius 1 is 1.00 bits per heavy atom. The van der Waals surface area contributed by atoms with Crippen LogP contribution < -0.4 is 5.73 Å². The summed E-state index contributed by atoms with van der Waals surface area (Å²) in [6, 6.07) is 16.6. The lowest BCUT2D eigenvalue weighted by molar-refractivity contribution is 1.04. The van der Waals surface area contributed by atoms with Crippen LogP contribution in [0.2, 0.25) is 0 Å². The first-order valence-corrected chi connectivity index (χ1v) is 7.92. The molecule has 2 nitrogen and oxygen atoms in total. The van der Waals surface area contributed by atoms with Crippen LogP contribution in [0.15, 0.2) is 52.9 Å². The zero-order chi connectivity index (χ0) is 13.1. The van der Waals surface area contributed by atoms with Gasteiger partial charge in [-0.3, -0.25) is 0 Å². The normalized spacial score (nSPS) is 11.0. The van der Waals surface area contributed by atoms with Gasteiger partial charge in [0.2, 0.25) is 0 Å². The van der Waals surface area contributed by atoms with Crippen LogP contribution in [-0.4, -0.2) is 4.98 Å². The van der Waals surface area contributed by atoms with Crippen LogP contribution in [0.25, 0.3) is 10.2 Å². The van der Waals surface area contributed by atoms with Crippen LogP contribution in [0.4, 0.5) is 0 Å². The molecule has 0 radical (unpaired) electrons. The summed E-state index contributed by atoms with van der Waals surface area (Å²) in [7, 11) is 0. The first-order chi connectivity index (χ1) is 9.36. The van der Waals surface area contributed by atoms with Gasteiger partial charge in [-0.1, -0.05) is 48.2 Å². The highest BCUT2D eigenvalue weighted by molar-refractivity contribution is 8.00. The van der Waals surface area contributed by atoms with Gasteiger partial charge >= 0.3 is 0 Å². The van der Waals surface area contributed by atoms with E-state index in [1.165, 1.54) is 15.8 Å². The molecule has 0 bridgehead atoms. The summed E-state index contributed by atoms with van der Waals surface area (Å²) < 4.78 is 2.37. The molecule has 0 saturated heterocycles. The molecule has 3 rings (SSSR count). The van der Waals surface area contributed by atoms with Crippen molar-refractivity contribution in [3.05, 3.63) is 59.7 Å². The van der Waals surface area contributed by atoms with Crippen molar-refractivity contribution in [2.45, 2.75) is 16.6 Å². The van der Waals surface area contributed by atoms with Crippen molar-refractivity contribution < 1.29 is 0 Å². The van der Waals surface area contributed by atoms with Crippen LogP contribution in [0.5, 0.6) is 0 Å². The van der Waals surface area contributed by atoms with E-state index in [2.05, 4.69) is 41.4 Å². The van der Waals surface area contributed by atoms with Gasteiger partial charge in [0.25, 0.3) is 0 Å². The summed E-state index contributed by atoms with van der Waals surface area (Å²) in [6.45, 7) is 0.594. The smallest absolute Gasteiger partial charge is 0.151 e. The third-order valence-corrected chi connectivity index (χ3v) is 5.19. The van der Waals surface area contributed by atoms with Crippen LogP contribution in [0, 0.1) is 0 Å². The summed E-state index contributed by atoms with van der Waals surface area (Å²) in [5.74, 6) is 0.924. The molecular weight excluding hydrogens is 272 g/mol. The van der Waals surface area contributed by atoms with E-state index >= 15 is 0 Å². The van der Waals surface area contributed by atoms with Crippen LogP contribution in [-0.2, 0) is 12.3 Å². The predicted molar refractivity (Wildman–Crippen MR) is 83.5 cm³/mol. The Hall–Kier alpha value is -1.36. The molecule has 96 valence electrons. The molecule has 1 heterocycles. The fourth-order valence-corrected chi connectivity index (χ4v) is 4.05. The molecule has 0 spiro atoms. The minimum Gasteiger partial charge on any atom is -0.326 e. The second-order valence-electron chi connectivity index (χ2n) is 4.21. The van der Waals surface area contributed by atoms with E-state index in [4.69, 9.17) is 5.73 Å². The first kappa shape index (κ1) is 12.7. The summed E-state index contributed by atoms with van der Waals surface area (Å²) in [6.07, 6.45) is 0. The van der Waals surface area contributed by atoms with Crippen molar-refractivity contribution in [1.29, 1.82) is 0 Å². The van der Waals surface area contributed by atoms with E-state index < -0.39 is 0 Å². The molecule has 0 atom stereocenters. The maximum Gasteiger partial charge on any atom is 0.151 e. The summed E-state index contributed by atoms with van der Waals surface area (Å²) in [5.41, 5.74) is 9.36. The molecule has 0 aliphatic carbocycles. The van der Waals surface area contributed by atoms with Gasteiger partial charge in [-0.15, -0.1) is 11.3 Å². The lowest BCUT2D eigenvalue weighted by Gasteiger charge is -2.05. The number of nitrogens with two attached hydrogens (primary N) is 1. The molecule has 19 heavy (non-hydrogen) atoms. The fraction of sp³-hybridized carbons (Fsp3) is 0.133. The number of nitrogens with zero attached hydrogens (tertiary/aromatic N) is 1. The Morgan fingerprint density at radius 2 is 1.74 bits per heavy atom. The van der Waals surface area contributed by atoms with Gasteiger partial charge in [-0.05, 0) is 23.3 Å². The lowest BCUT2D eigenvalue weighted by Crippen LogP contribution is -2.00. The van der Waals surface area contributed by atoms with E-state index in [0.717, 1.165) is 15.6 Å². The molecule has 0 aliphatic rings. The minimum atomic E-state index is 0.594. The highest BCUT2D eigenvalue weighted by atomic mass is 32.2. The summed E-state index contributed by atoms with van der Waals surface area (Å²) in [5, 5.41) is 0. The number of hydrogen-bond acceptors (Lipinski definition) is 4. The molecule has 2 N–H and O–H groups in total. The van der Waals surface area contributed by atoms with Crippen LogP contribution in [0.3, 0.4) is 0 Å².